The summed E-state index contributed by atoms with van der Waals surface area (Å²) in [7, 11) is 0. The van der Waals surface area contributed by atoms with Gasteiger partial charge in [0.05, 0.1) is 17.5 Å². The Hall–Kier alpha value is -3.37. The standard InChI is InChI=1S/C26H31N3O6S/c1-26(2,3)28-23(32)20-14-36-15-29(20)24(33)21(30)19(12-16-8-5-4-6-9-16)27-22(31)17-10-7-11-18(13-17)25(34)35/h4-11,13,19-21,30H,12,14-15H2,1-3H3,(H,27,31)(H,28,32)(H,34,35)/t19-,20-,21-/m0/s1. The summed E-state index contributed by atoms with van der Waals surface area (Å²) in [6.07, 6.45) is -1.47. The van der Waals surface area contributed by atoms with Gasteiger partial charge in [-0.05, 0) is 51.0 Å². The lowest BCUT2D eigenvalue weighted by atomic mass is 9.99. The highest BCUT2D eigenvalue weighted by atomic mass is 32.2. The van der Waals surface area contributed by atoms with E-state index in [-0.39, 0.29) is 29.3 Å². The van der Waals surface area contributed by atoms with Gasteiger partial charge in [0.2, 0.25) is 5.91 Å². The molecule has 0 spiro atoms. The molecule has 36 heavy (non-hydrogen) atoms. The van der Waals surface area contributed by atoms with Crippen LogP contribution in [0.1, 0.15) is 47.1 Å². The Morgan fingerprint density at radius 3 is 2.36 bits per heavy atom. The van der Waals surface area contributed by atoms with Gasteiger partial charge in [-0.25, -0.2) is 4.79 Å². The maximum absolute atomic E-state index is 13.4. The highest BCUT2D eigenvalue weighted by Crippen LogP contribution is 2.24. The van der Waals surface area contributed by atoms with Crippen LogP contribution < -0.4 is 10.6 Å². The number of carbonyl (C=O) groups excluding carboxylic acids is 3. The van der Waals surface area contributed by atoms with E-state index in [1.54, 1.807) is 0 Å². The Morgan fingerprint density at radius 2 is 1.72 bits per heavy atom. The molecule has 0 radical (unpaired) electrons. The highest BCUT2D eigenvalue weighted by Gasteiger charge is 2.40. The van der Waals surface area contributed by atoms with Crippen LogP contribution in [0.15, 0.2) is 54.6 Å². The molecule has 3 rings (SSSR count). The molecule has 3 amide bonds. The molecule has 10 heteroatoms. The summed E-state index contributed by atoms with van der Waals surface area (Å²) in [6, 6.07) is 12.8. The molecule has 2 aromatic carbocycles. The van der Waals surface area contributed by atoms with Gasteiger partial charge in [0.1, 0.15) is 6.04 Å². The van der Waals surface area contributed by atoms with Crippen molar-refractivity contribution >= 4 is 35.5 Å². The number of rotatable bonds is 8. The lowest BCUT2D eigenvalue weighted by molar-refractivity contribution is -0.146. The van der Waals surface area contributed by atoms with Gasteiger partial charge >= 0.3 is 5.97 Å². The molecule has 1 heterocycles. The predicted octanol–water partition coefficient (Wildman–Crippen LogP) is 1.90. The van der Waals surface area contributed by atoms with Crippen LogP contribution in [-0.2, 0) is 16.0 Å². The lowest BCUT2D eigenvalue weighted by Gasteiger charge is -2.31. The van der Waals surface area contributed by atoms with Crippen LogP contribution in [0.25, 0.3) is 0 Å². The van der Waals surface area contributed by atoms with E-state index < -0.39 is 41.5 Å². The van der Waals surface area contributed by atoms with Crippen molar-refractivity contribution in [3.8, 4) is 0 Å². The molecule has 1 saturated heterocycles. The van der Waals surface area contributed by atoms with E-state index in [1.165, 1.54) is 40.9 Å². The summed E-state index contributed by atoms with van der Waals surface area (Å²) < 4.78 is 0. The van der Waals surface area contributed by atoms with Crippen LogP contribution in [0.4, 0.5) is 0 Å². The smallest absolute Gasteiger partial charge is 0.335 e. The molecule has 0 unspecified atom stereocenters. The van der Waals surface area contributed by atoms with Gasteiger partial charge in [0.25, 0.3) is 11.8 Å². The van der Waals surface area contributed by atoms with Crippen molar-refractivity contribution in [1.82, 2.24) is 15.5 Å². The first-order valence-electron chi connectivity index (χ1n) is 11.5. The van der Waals surface area contributed by atoms with E-state index in [9.17, 15) is 29.4 Å². The average molecular weight is 514 g/mol. The number of aromatic carboxylic acids is 1. The van der Waals surface area contributed by atoms with Gasteiger partial charge in [0.15, 0.2) is 6.10 Å². The second kappa shape index (κ2) is 11.6. The zero-order chi connectivity index (χ0) is 26.5. The average Bonchev–Trinajstić information content (AvgIpc) is 3.32. The lowest BCUT2D eigenvalue weighted by Crippen LogP contribution is -2.57. The zero-order valence-corrected chi connectivity index (χ0v) is 21.2. The summed E-state index contributed by atoms with van der Waals surface area (Å²) in [4.78, 5) is 51.8. The van der Waals surface area contributed by atoms with E-state index in [2.05, 4.69) is 10.6 Å². The number of nitrogens with zero attached hydrogens (tertiary/aromatic N) is 1. The molecule has 1 fully saturated rings. The Morgan fingerprint density at radius 1 is 1.06 bits per heavy atom. The molecular formula is C26H31N3O6S. The maximum atomic E-state index is 13.4. The molecule has 0 saturated carbocycles. The second-order valence-electron chi connectivity index (χ2n) is 9.66. The van der Waals surface area contributed by atoms with Crippen LogP contribution in [0, 0.1) is 0 Å². The largest absolute Gasteiger partial charge is 0.478 e. The molecule has 3 atom stereocenters. The second-order valence-corrected chi connectivity index (χ2v) is 10.7. The van der Waals surface area contributed by atoms with E-state index >= 15 is 0 Å². The fourth-order valence-corrected chi connectivity index (χ4v) is 4.99. The summed E-state index contributed by atoms with van der Waals surface area (Å²) in [5.74, 6) is -2.12. The molecule has 9 nitrogen and oxygen atoms in total. The first kappa shape index (κ1) is 27.2. The number of nitrogens with one attached hydrogen (secondary N) is 2. The number of thioether (sulfide) groups is 1. The van der Waals surface area contributed by atoms with Gasteiger partial charge in [-0.3, -0.25) is 14.4 Å². The Bertz CT molecular complexity index is 1120. The van der Waals surface area contributed by atoms with Crippen molar-refractivity contribution in [2.45, 2.75) is 50.9 Å². The number of hydrogen-bond acceptors (Lipinski definition) is 6. The predicted molar refractivity (Wildman–Crippen MR) is 137 cm³/mol. The molecule has 2 aromatic rings. The number of aliphatic hydroxyl groups excluding tert-OH is 1. The van der Waals surface area contributed by atoms with Gasteiger partial charge in [-0.1, -0.05) is 36.4 Å². The Balaban J connectivity index is 1.82. The Kier molecular flexibility index (Phi) is 8.75. The van der Waals surface area contributed by atoms with E-state index in [1.807, 2.05) is 51.1 Å². The summed E-state index contributed by atoms with van der Waals surface area (Å²) in [5, 5.41) is 25.9. The van der Waals surface area contributed by atoms with Crippen LogP contribution in [0.3, 0.4) is 0 Å². The molecule has 4 N–H and O–H groups in total. The fraction of sp³-hybridized carbons (Fsp3) is 0.385. The van der Waals surface area contributed by atoms with Crippen molar-refractivity contribution in [2.24, 2.45) is 0 Å². The van der Waals surface area contributed by atoms with Gasteiger partial charge in [0, 0.05) is 16.9 Å². The first-order valence-corrected chi connectivity index (χ1v) is 12.7. The molecule has 1 aliphatic rings. The van der Waals surface area contributed by atoms with Crippen LogP contribution in [0.5, 0.6) is 0 Å². The number of amides is 3. The van der Waals surface area contributed by atoms with Crippen molar-refractivity contribution < 1.29 is 29.4 Å². The SMILES string of the molecule is CC(C)(C)NC(=O)[C@@H]1CSCN1C(=O)[C@@H](O)[C@H](Cc1ccccc1)NC(=O)c1cccc(C(=O)O)c1. The van der Waals surface area contributed by atoms with Crippen molar-refractivity contribution in [3.63, 3.8) is 0 Å². The molecule has 0 aromatic heterocycles. The summed E-state index contributed by atoms with van der Waals surface area (Å²) >= 11 is 1.41. The van der Waals surface area contributed by atoms with Gasteiger partial charge < -0.3 is 25.7 Å². The number of aliphatic hydroxyl groups is 1. The highest BCUT2D eigenvalue weighted by molar-refractivity contribution is 7.99. The van der Waals surface area contributed by atoms with Crippen molar-refractivity contribution in [2.75, 3.05) is 11.6 Å². The maximum Gasteiger partial charge on any atom is 0.335 e. The molecular weight excluding hydrogens is 482 g/mol. The minimum atomic E-state index is -1.62. The Labute approximate surface area is 214 Å². The van der Waals surface area contributed by atoms with Crippen LogP contribution >= 0.6 is 11.8 Å². The fourth-order valence-electron chi connectivity index (χ4n) is 3.83. The number of carboxylic acid groups (broad SMARTS) is 1. The number of hydrogen-bond donors (Lipinski definition) is 4. The summed E-state index contributed by atoms with van der Waals surface area (Å²) in [6.45, 7) is 5.54. The molecule has 0 bridgehead atoms. The van der Waals surface area contributed by atoms with E-state index in [0.29, 0.717) is 5.75 Å². The first-order chi connectivity index (χ1) is 17.0. The zero-order valence-electron chi connectivity index (χ0n) is 20.4. The molecule has 0 aliphatic carbocycles. The van der Waals surface area contributed by atoms with Crippen LogP contribution in [-0.4, -0.2) is 74.2 Å². The third-order valence-corrected chi connectivity index (χ3v) is 6.60. The summed E-state index contributed by atoms with van der Waals surface area (Å²) in [5.41, 5.74) is 0.339. The van der Waals surface area contributed by atoms with Gasteiger partial charge in [-0.2, -0.15) is 0 Å². The topological polar surface area (TPSA) is 136 Å². The number of carbonyl (C=O) groups is 4. The normalized spacial score (nSPS) is 17.2. The van der Waals surface area contributed by atoms with Crippen molar-refractivity contribution in [1.29, 1.82) is 0 Å². The third kappa shape index (κ3) is 7.08. The minimum absolute atomic E-state index is 0.0549. The number of benzene rings is 2. The van der Waals surface area contributed by atoms with E-state index in [0.717, 1.165) is 5.56 Å². The monoisotopic (exact) mass is 513 g/mol. The van der Waals surface area contributed by atoms with E-state index in [4.69, 9.17) is 0 Å². The molecule has 1 aliphatic heterocycles. The minimum Gasteiger partial charge on any atom is -0.478 e. The number of carboxylic acids is 1. The third-order valence-electron chi connectivity index (χ3n) is 5.59. The van der Waals surface area contributed by atoms with Crippen LogP contribution in [0.2, 0.25) is 0 Å². The van der Waals surface area contributed by atoms with Gasteiger partial charge in [-0.15, -0.1) is 11.8 Å². The molecule has 192 valence electrons. The quantitative estimate of drug-likeness (QED) is 0.423. The van der Waals surface area contributed by atoms with Crippen molar-refractivity contribution in [3.05, 3.63) is 71.3 Å².